The molecule has 2 heterocycles. The lowest BCUT2D eigenvalue weighted by molar-refractivity contribution is 0.172. The lowest BCUT2D eigenvalue weighted by Gasteiger charge is -2.30. The molecule has 4 aromatic rings. The largest absolute Gasteiger partial charge is 0.465 e. The second kappa shape index (κ2) is 6.39. The molecule has 1 aromatic heterocycles. The minimum Gasteiger partial charge on any atom is -0.465 e. The molecule has 7 heteroatoms. The molecular weight excluding hydrogens is 499 g/mol. The summed E-state index contributed by atoms with van der Waals surface area (Å²) in [6, 6.07) is 15.3. The third-order valence-electron chi connectivity index (χ3n) is 4.78. The summed E-state index contributed by atoms with van der Waals surface area (Å²) in [5.74, 6) is -3.43. The van der Waals surface area contributed by atoms with Crippen molar-refractivity contribution in [2.24, 2.45) is 0 Å². The first-order valence-corrected chi connectivity index (χ1v) is 9.92. The van der Waals surface area contributed by atoms with E-state index in [4.69, 9.17) is 4.74 Å². The third kappa shape index (κ3) is 2.68. The maximum atomic E-state index is 13.9. The zero-order valence-electron chi connectivity index (χ0n) is 14.0. The monoisotopic (exact) mass is 507 g/mol. The number of nitrogens with zero attached hydrogens (tertiary/aromatic N) is 1. The highest BCUT2D eigenvalue weighted by Gasteiger charge is 2.30. The van der Waals surface area contributed by atoms with Gasteiger partial charge in [0.2, 0.25) is 6.23 Å². The number of rotatable bonds is 1. The van der Waals surface area contributed by atoms with Crippen molar-refractivity contribution in [3.8, 4) is 17.0 Å². The Morgan fingerprint density at radius 2 is 1.50 bits per heavy atom. The van der Waals surface area contributed by atoms with E-state index in [9.17, 15) is 13.2 Å². The van der Waals surface area contributed by atoms with Crippen LogP contribution in [0.4, 0.5) is 13.2 Å². The lowest BCUT2D eigenvalue weighted by Crippen LogP contribution is -2.22. The summed E-state index contributed by atoms with van der Waals surface area (Å²) in [5, 5.41) is 0.941. The van der Waals surface area contributed by atoms with Gasteiger partial charge in [-0.3, -0.25) is 0 Å². The van der Waals surface area contributed by atoms with E-state index in [0.29, 0.717) is 5.75 Å². The summed E-state index contributed by atoms with van der Waals surface area (Å²) in [5.41, 5.74) is 2.72. The topological polar surface area (TPSA) is 14.2 Å². The van der Waals surface area contributed by atoms with Gasteiger partial charge in [-0.15, -0.1) is 0 Å². The molecule has 0 spiro atoms. The van der Waals surface area contributed by atoms with Gasteiger partial charge in [0.1, 0.15) is 5.75 Å². The molecule has 0 bridgehead atoms. The van der Waals surface area contributed by atoms with E-state index in [1.165, 1.54) is 0 Å². The summed E-state index contributed by atoms with van der Waals surface area (Å²) in [6.07, 6.45) is -0.847. The Morgan fingerprint density at radius 3 is 2.25 bits per heavy atom. The highest BCUT2D eigenvalue weighted by molar-refractivity contribution is 9.10. The van der Waals surface area contributed by atoms with E-state index in [-0.39, 0.29) is 5.56 Å². The number of hydrogen-bond donors (Lipinski definition) is 0. The van der Waals surface area contributed by atoms with Crippen molar-refractivity contribution in [2.75, 3.05) is 0 Å². The Hall–Kier alpha value is -2.25. The first-order chi connectivity index (χ1) is 13.4. The summed E-state index contributed by atoms with van der Waals surface area (Å²) in [7, 11) is 0. The minimum absolute atomic E-state index is 0.184. The quantitative estimate of drug-likeness (QED) is 0.248. The zero-order valence-corrected chi connectivity index (χ0v) is 17.2. The number of fused-ring (bicyclic) bond motifs is 5. The van der Waals surface area contributed by atoms with Gasteiger partial charge >= 0.3 is 0 Å². The van der Waals surface area contributed by atoms with Crippen LogP contribution in [0.15, 0.2) is 63.5 Å². The Balaban J connectivity index is 1.82. The van der Waals surface area contributed by atoms with Crippen molar-refractivity contribution in [1.29, 1.82) is 0 Å². The maximum Gasteiger partial charge on any atom is 0.203 e. The van der Waals surface area contributed by atoms with Crippen molar-refractivity contribution in [1.82, 2.24) is 4.57 Å². The molecule has 1 aliphatic rings. The summed E-state index contributed by atoms with van der Waals surface area (Å²) in [6.45, 7) is 0. The molecule has 0 aliphatic carbocycles. The third-order valence-corrected chi connectivity index (χ3v) is 5.77. The minimum atomic E-state index is -1.50. The second-order valence-corrected chi connectivity index (χ2v) is 8.34. The van der Waals surface area contributed by atoms with E-state index in [0.717, 1.165) is 43.2 Å². The molecule has 28 heavy (non-hydrogen) atoms. The van der Waals surface area contributed by atoms with Crippen molar-refractivity contribution in [3.05, 3.63) is 86.6 Å². The van der Waals surface area contributed by atoms with Gasteiger partial charge in [0.05, 0.1) is 11.2 Å². The smallest absolute Gasteiger partial charge is 0.203 e. The van der Waals surface area contributed by atoms with Crippen LogP contribution in [0.2, 0.25) is 0 Å². The molecule has 5 rings (SSSR count). The predicted molar refractivity (Wildman–Crippen MR) is 108 cm³/mol. The summed E-state index contributed by atoms with van der Waals surface area (Å²) < 4.78 is 51.1. The van der Waals surface area contributed by atoms with Crippen LogP contribution in [0.1, 0.15) is 11.8 Å². The van der Waals surface area contributed by atoms with E-state index in [1.807, 2.05) is 41.0 Å². The molecule has 0 fully saturated rings. The molecule has 1 atom stereocenters. The van der Waals surface area contributed by atoms with Crippen LogP contribution in [0.25, 0.3) is 22.2 Å². The predicted octanol–water partition coefficient (Wildman–Crippen LogP) is 7.19. The Labute approximate surface area is 174 Å². The van der Waals surface area contributed by atoms with Crippen LogP contribution in [0.5, 0.6) is 5.75 Å². The van der Waals surface area contributed by atoms with E-state index < -0.39 is 23.7 Å². The number of ether oxygens (including phenoxy) is 1. The van der Waals surface area contributed by atoms with Crippen LogP contribution < -0.4 is 4.74 Å². The SMILES string of the molecule is Fc1cc([C@@H]2Oc3cc(Br)ccc3-c3cc4cc(Br)ccc4n32)cc(F)c1F. The average Bonchev–Trinajstić information content (AvgIpc) is 3.03. The molecular formula is C21H10Br2F3NO. The van der Waals surface area contributed by atoms with Crippen molar-refractivity contribution in [3.63, 3.8) is 0 Å². The average molecular weight is 509 g/mol. The van der Waals surface area contributed by atoms with E-state index in [1.54, 1.807) is 6.07 Å². The summed E-state index contributed by atoms with van der Waals surface area (Å²) in [4.78, 5) is 0. The van der Waals surface area contributed by atoms with Crippen molar-refractivity contribution in [2.45, 2.75) is 6.23 Å². The molecule has 0 saturated carbocycles. The van der Waals surface area contributed by atoms with E-state index in [2.05, 4.69) is 31.9 Å². The normalized spacial score (nSPS) is 15.2. The molecule has 3 aromatic carbocycles. The number of hydrogen-bond acceptors (Lipinski definition) is 1. The zero-order chi connectivity index (χ0) is 19.6. The van der Waals surface area contributed by atoms with Crippen LogP contribution in [-0.2, 0) is 0 Å². The molecule has 0 saturated heterocycles. The van der Waals surface area contributed by atoms with Crippen LogP contribution in [0, 0.1) is 17.5 Å². The van der Waals surface area contributed by atoms with Gasteiger partial charge in [-0.2, -0.15) is 0 Å². The Bertz CT molecular complexity index is 1250. The molecule has 0 amide bonds. The van der Waals surface area contributed by atoms with Crippen molar-refractivity contribution < 1.29 is 17.9 Å². The molecule has 1 aliphatic heterocycles. The first-order valence-electron chi connectivity index (χ1n) is 8.34. The highest BCUT2D eigenvalue weighted by atomic mass is 79.9. The maximum absolute atomic E-state index is 13.9. The molecule has 0 unspecified atom stereocenters. The summed E-state index contributed by atoms with van der Waals surface area (Å²) >= 11 is 6.89. The Kier molecular flexibility index (Phi) is 4.07. The van der Waals surface area contributed by atoms with Gasteiger partial charge in [0.25, 0.3) is 0 Å². The van der Waals surface area contributed by atoms with Crippen LogP contribution in [0.3, 0.4) is 0 Å². The Morgan fingerprint density at radius 1 is 0.821 bits per heavy atom. The molecule has 0 radical (unpaired) electrons. The van der Waals surface area contributed by atoms with Gasteiger partial charge in [0.15, 0.2) is 17.5 Å². The van der Waals surface area contributed by atoms with Crippen LogP contribution >= 0.6 is 31.9 Å². The molecule has 2 nitrogen and oxygen atoms in total. The van der Waals surface area contributed by atoms with Gasteiger partial charge in [0, 0.05) is 25.5 Å². The van der Waals surface area contributed by atoms with E-state index >= 15 is 0 Å². The first kappa shape index (κ1) is 17.8. The fraction of sp³-hybridized carbons (Fsp3) is 0.0476. The molecule has 140 valence electrons. The molecule has 0 N–H and O–H groups in total. The van der Waals surface area contributed by atoms with Gasteiger partial charge < -0.3 is 9.30 Å². The highest BCUT2D eigenvalue weighted by Crippen LogP contribution is 2.45. The van der Waals surface area contributed by atoms with Gasteiger partial charge in [-0.25, -0.2) is 13.2 Å². The van der Waals surface area contributed by atoms with Gasteiger partial charge in [-0.1, -0.05) is 31.9 Å². The fourth-order valence-electron chi connectivity index (χ4n) is 3.58. The standard InChI is InChI=1S/C21H10Br2F3NO/c22-12-2-4-17-10(5-12)8-18-14-3-1-13(23)9-19(14)28-21(27(17)18)11-6-15(24)20(26)16(25)7-11/h1-9,21H/t21-/m0/s1. The van der Waals surface area contributed by atoms with Gasteiger partial charge in [-0.05, 0) is 54.6 Å². The number of aromatic nitrogens is 1. The van der Waals surface area contributed by atoms with Crippen molar-refractivity contribution >= 4 is 42.8 Å². The number of halogens is 5. The second-order valence-electron chi connectivity index (χ2n) is 6.51. The lowest BCUT2D eigenvalue weighted by atomic mass is 10.1. The fourth-order valence-corrected chi connectivity index (χ4v) is 4.30. The number of benzene rings is 3. The van der Waals surface area contributed by atoms with Crippen LogP contribution in [-0.4, -0.2) is 4.57 Å².